The van der Waals surface area contributed by atoms with Crippen LogP contribution in [0.3, 0.4) is 0 Å². The Bertz CT molecular complexity index is 1010. The minimum atomic E-state index is -0.583. The molecule has 2 unspecified atom stereocenters. The predicted octanol–water partition coefficient (Wildman–Crippen LogP) is 5.48. The molecule has 0 saturated heterocycles. The van der Waals surface area contributed by atoms with Crippen molar-refractivity contribution >= 4 is 29.3 Å². The van der Waals surface area contributed by atoms with Crippen LogP contribution >= 0.6 is 11.6 Å². The maximum Gasteiger partial charge on any atom is 0.412 e. The first kappa shape index (κ1) is 19.0. The number of rotatable bonds is 4. The van der Waals surface area contributed by atoms with Crippen molar-refractivity contribution in [2.45, 2.75) is 12.1 Å². The van der Waals surface area contributed by atoms with Gasteiger partial charge in [0.1, 0.15) is 12.6 Å². The summed E-state index contributed by atoms with van der Waals surface area (Å²) in [5.41, 5.74) is 2.39. The fourth-order valence-corrected chi connectivity index (χ4v) is 3.32. The van der Waals surface area contributed by atoms with E-state index in [-0.39, 0.29) is 12.6 Å². The van der Waals surface area contributed by atoms with Gasteiger partial charge in [0.05, 0.1) is 0 Å². The number of nitrogens with one attached hydrogen (secondary N) is 1. The summed E-state index contributed by atoms with van der Waals surface area (Å²) >= 11 is 5.97. The van der Waals surface area contributed by atoms with Crippen LogP contribution in [0.5, 0.6) is 0 Å². The molecule has 6 heteroatoms. The molecule has 1 N–H and O–H groups in total. The SMILES string of the molecule is O=C(Nc1cccc(Cl)c1)OC1COC(c2ccccc2)=NC1c1ccccc1. The van der Waals surface area contributed by atoms with E-state index >= 15 is 0 Å². The average molecular weight is 407 g/mol. The number of halogens is 1. The van der Waals surface area contributed by atoms with Gasteiger partial charge in [-0.05, 0) is 35.9 Å². The molecule has 5 nitrogen and oxygen atoms in total. The Morgan fingerprint density at radius 2 is 1.72 bits per heavy atom. The van der Waals surface area contributed by atoms with Gasteiger partial charge in [0.25, 0.3) is 0 Å². The highest BCUT2D eigenvalue weighted by Gasteiger charge is 2.32. The Morgan fingerprint density at radius 3 is 2.45 bits per heavy atom. The summed E-state index contributed by atoms with van der Waals surface area (Å²) in [6.45, 7) is 0.205. The van der Waals surface area contributed by atoms with Crippen LogP contribution in [-0.4, -0.2) is 24.7 Å². The molecule has 4 rings (SSSR count). The Kier molecular flexibility index (Phi) is 5.77. The van der Waals surface area contributed by atoms with E-state index in [0.717, 1.165) is 11.1 Å². The molecule has 2 atom stereocenters. The molecule has 0 radical (unpaired) electrons. The van der Waals surface area contributed by atoms with Crippen molar-refractivity contribution in [3.63, 3.8) is 0 Å². The number of ether oxygens (including phenoxy) is 2. The van der Waals surface area contributed by atoms with Crippen LogP contribution < -0.4 is 5.32 Å². The maximum absolute atomic E-state index is 12.4. The Labute approximate surface area is 174 Å². The number of carbonyl (C=O) groups is 1. The third-order valence-electron chi connectivity index (χ3n) is 4.48. The van der Waals surface area contributed by atoms with E-state index in [2.05, 4.69) is 5.32 Å². The Balaban J connectivity index is 1.55. The summed E-state index contributed by atoms with van der Waals surface area (Å²) in [6, 6.07) is 25.9. The molecule has 1 aliphatic heterocycles. The molecule has 29 heavy (non-hydrogen) atoms. The number of anilines is 1. The molecule has 0 fully saturated rings. The molecule has 3 aromatic rings. The molecule has 0 saturated carbocycles. The summed E-state index contributed by atoms with van der Waals surface area (Å²) in [6.07, 6.45) is -1.15. The zero-order chi connectivity index (χ0) is 20.1. The Hall–Kier alpha value is -3.31. The van der Waals surface area contributed by atoms with E-state index in [9.17, 15) is 4.79 Å². The van der Waals surface area contributed by atoms with Gasteiger partial charge in [-0.2, -0.15) is 0 Å². The van der Waals surface area contributed by atoms with Crippen LogP contribution in [0.4, 0.5) is 10.5 Å². The molecular formula is C23H19ClN2O3. The summed E-state index contributed by atoms with van der Waals surface area (Å²) in [5.74, 6) is 0.537. The number of hydrogen-bond acceptors (Lipinski definition) is 4. The third-order valence-corrected chi connectivity index (χ3v) is 4.72. The standard InChI is InChI=1S/C23H19ClN2O3/c24-18-12-7-13-19(14-18)25-23(27)29-20-15-28-22(17-10-5-2-6-11-17)26-21(20)16-8-3-1-4-9-16/h1-14,20-21H,15H2,(H,25,27). The van der Waals surface area contributed by atoms with Crippen molar-refractivity contribution < 1.29 is 14.3 Å². The number of carbonyl (C=O) groups excluding carboxylic acids is 1. The number of benzene rings is 3. The first-order valence-corrected chi connectivity index (χ1v) is 9.61. The van der Waals surface area contributed by atoms with Gasteiger partial charge >= 0.3 is 6.09 Å². The summed E-state index contributed by atoms with van der Waals surface area (Å²) < 4.78 is 11.5. The second kappa shape index (κ2) is 8.80. The minimum absolute atomic E-state index is 0.205. The van der Waals surface area contributed by atoms with E-state index in [0.29, 0.717) is 16.6 Å². The molecule has 0 aromatic heterocycles. The molecule has 0 aliphatic carbocycles. The zero-order valence-corrected chi connectivity index (χ0v) is 16.3. The fraction of sp³-hybridized carbons (Fsp3) is 0.130. The van der Waals surface area contributed by atoms with Gasteiger partial charge in [0.2, 0.25) is 5.90 Å². The van der Waals surface area contributed by atoms with Gasteiger partial charge in [-0.15, -0.1) is 0 Å². The second-order valence-electron chi connectivity index (χ2n) is 6.55. The largest absolute Gasteiger partial charge is 0.473 e. The lowest BCUT2D eigenvalue weighted by Gasteiger charge is -2.30. The van der Waals surface area contributed by atoms with Crippen LogP contribution in [0, 0.1) is 0 Å². The van der Waals surface area contributed by atoms with Crippen molar-refractivity contribution in [3.8, 4) is 0 Å². The molecule has 1 aliphatic rings. The van der Waals surface area contributed by atoms with Gasteiger partial charge < -0.3 is 9.47 Å². The lowest BCUT2D eigenvalue weighted by molar-refractivity contribution is 0.0441. The quantitative estimate of drug-likeness (QED) is 0.624. The molecule has 0 bridgehead atoms. The molecule has 0 spiro atoms. The van der Waals surface area contributed by atoms with Crippen molar-refractivity contribution in [1.82, 2.24) is 0 Å². The van der Waals surface area contributed by atoms with Gasteiger partial charge in [0.15, 0.2) is 6.10 Å². The molecule has 3 aromatic carbocycles. The number of hydrogen-bond donors (Lipinski definition) is 1. The van der Waals surface area contributed by atoms with Crippen molar-refractivity contribution in [2.75, 3.05) is 11.9 Å². The summed E-state index contributed by atoms with van der Waals surface area (Å²) in [5, 5.41) is 3.23. The van der Waals surface area contributed by atoms with Crippen molar-refractivity contribution in [1.29, 1.82) is 0 Å². The number of aliphatic imine (C=N–C) groups is 1. The van der Waals surface area contributed by atoms with Gasteiger partial charge in [-0.3, -0.25) is 5.32 Å². The normalized spacial score (nSPS) is 18.3. The average Bonchev–Trinajstić information content (AvgIpc) is 2.75. The van der Waals surface area contributed by atoms with Crippen LogP contribution in [0.25, 0.3) is 0 Å². The lowest BCUT2D eigenvalue weighted by atomic mass is 10.0. The highest BCUT2D eigenvalue weighted by molar-refractivity contribution is 6.30. The van der Waals surface area contributed by atoms with E-state index in [1.807, 2.05) is 60.7 Å². The van der Waals surface area contributed by atoms with Gasteiger partial charge in [-0.25, -0.2) is 9.79 Å². The van der Waals surface area contributed by atoms with Crippen molar-refractivity contribution in [2.24, 2.45) is 4.99 Å². The number of nitrogens with zero attached hydrogens (tertiary/aromatic N) is 1. The van der Waals surface area contributed by atoms with Gasteiger partial charge in [-0.1, -0.05) is 66.2 Å². The second-order valence-corrected chi connectivity index (χ2v) is 6.98. The maximum atomic E-state index is 12.4. The molecule has 1 heterocycles. The number of amides is 1. The molecule has 1 amide bonds. The smallest absolute Gasteiger partial charge is 0.412 e. The lowest BCUT2D eigenvalue weighted by Crippen LogP contribution is -2.36. The Morgan fingerprint density at radius 1 is 1.00 bits per heavy atom. The van der Waals surface area contributed by atoms with E-state index in [1.165, 1.54) is 0 Å². The predicted molar refractivity (Wildman–Crippen MR) is 113 cm³/mol. The molecule has 146 valence electrons. The van der Waals surface area contributed by atoms with E-state index in [1.54, 1.807) is 24.3 Å². The fourth-order valence-electron chi connectivity index (χ4n) is 3.13. The molecular weight excluding hydrogens is 388 g/mol. The van der Waals surface area contributed by atoms with E-state index < -0.39 is 12.2 Å². The van der Waals surface area contributed by atoms with Crippen molar-refractivity contribution in [3.05, 3.63) is 101 Å². The van der Waals surface area contributed by atoms with Crippen LogP contribution in [-0.2, 0) is 9.47 Å². The van der Waals surface area contributed by atoms with Crippen LogP contribution in [0.2, 0.25) is 5.02 Å². The summed E-state index contributed by atoms with van der Waals surface area (Å²) in [4.78, 5) is 17.2. The van der Waals surface area contributed by atoms with E-state index in [4.69, 9.17) is 26.1 Å². The van der Waals surface area contributed by atoms with Gasteiger partial charge in [0, 0.05) is 16.3 Å². The highest BCUT2D eigenvalue weighted by atomic mass is 35.5. The van der Waals surface area contributed by atoms with Crippen LogP contribution in [0.15, 0.2) is 89.9 Å². The third kappa shape index (κ3) is 4.76. The monoisotopic (exact) mass is 406 g/mol. The zero-order valence-electron chi connectivity index (χ0n) is 15.5. The topological polar surface area (TPSA) is 59.9 Å². The van der Waals surface area contributed by atoms with Crippen LogP contribution in [0.1, 0.15) is 17.2 Å². The summed E-state index contributed by atoms with van der Waals surface area (Å²) in [7, 11) is 0. The first-order valence-electron chi connectivity index (χ1n) is 9.23. The minimum Gasteiger partial charge on any atom is -0.473 e. The highest BCUT2D eigenvalue weighted by Crippen LogP contribution is 2.29. The first-order chi connectivity index (χ1) is 14.2.